The minimum atomic E-state index is -0.313. The number of hydrogen-bond acceptors (Lipinski definition) is 4. The van der Waals surface area contributed by atoms with E-state index < -0.39 is 0 Å². The highest BCUT2D eigenvalue weighted by molar-refractivity contribution is 7.26. The molecule has 1 aliphatic carbocycles. The van der Waals surface area contributed by atoms with Gasteiger partial charge in [-0.3, -0.25) is 0 Å². The van der Waals surface area contributed by atoms with Crippen molar-refractivity contribution in [2.45, 2.75) is 6.17 Å². The van der Waals surface area contributed by atoms with E-state index in [1.54, 1.807) is 0 Å². The molecule has 1 N–H and O–H groups in total. The second-order valence-electron chi connectivity index (χ2n) is 15.0. The molecule has 57 heavy (non-hydrogen) atoms. The predicted molar refractivity (Wildman–Crippen MR) is 241 cm³/mol. The van der Waals surface area contributed by atoms with Crippen molar-refractivity contribution in [3.8, 4) is 44.5 Å². The van der Waals surface area contributed by atoms with E-state index in [9.17, 15) is 0 Å². The van der Waals surface area contributed by atoms with Gasteiger partial charge in [0.05, 0.1) is 0 Å². The quantitative estimate of drug-likeness (QED) is 0.187. The minimum Gasteiger partial charge on any atom is -0.344 e. The van der Waals surface area contributed by atoms with Crippen LogP contribution in [0.4, 0.5) is 0 Å². The summed E-state index contributed by atoms with van der Waals surface area (Å²) in [4.78, 5) is 10.5. The van der Waals surface area contributed by atoms with E-state index in [1.807, 2.05) is 17.4 Å². The average molecular weight is 744 g/mol. The molecule has 3 nitrogen and oxygen atoms in total. The standard InChI is InChI=1S/C53H33N3S/c1-3-11-32(12-4-1)36-23-21-33-22-24-39(29-40(33)28-36)53-55-51(34-13-5-2-6-14-34)54-52(56-53)38-16-9-15-35(27-38)37-25-26-41-45(30-37)42-18-10-19-44-49(42)46(41)31-48-50(44)43-17-7-8-20-47(43)57-48/h1-31,53H,(H,54,55,56). The van der Waals surface area contributed by atoms with Crippen LogP contribution in [-0.2, 0) is 0 Å². The van der Waals surface area contributed by atoms with Crippen molar-refractivity contribution in [2.24, 2.45) is 9.98 Å². The first-order valence-corrected chi connectivity index (χ1v) is 20.2. The largest absolute Gasteiger partial charge is 0.344 e. The summed E-state index contributed by atoms with van der Waals surface area (Å²) in [7, 11) is 0. The van der Waals surface area contributed by atoms with Crippen molar-refractivity contribution in [1.29, 1.82) is 0 Å². The maximum atomic E-state index is 5.29. The summed E-state index contributed by atoms with van der Waals surface area (Å²) in [5, 5.41) is 11.5. The van der Waals surface area contributed by atoms with Gasteiger partial charge in [-0.05, 0) is 108 Å². The van der Waals surface area contributed by atoms with Gasteiger partial charge in [-0.15, -0.1) is 11.3 Å². The summed E-state index contributed by atoms with van der Waals surface area (Å²) in [6, 6.07) is 67.9. The predicted octanol–water partition coefficient (Wildman–Crippen LogP) is 13.8. The van der Waals surface area contributed by atoms with Gasteiger partial charge in [-0.2, -0.15) is 0 Å². The SMILES string of the molecule is c1ccc(C2=NC(c3cccc(-c4ccc5c(c4)-c4cccc6c4c-5cc4sc5ccccc5c46)c3)=NC(c3ccc4ccc(-c5ccccc5)cc4c3)N2)cc1. The van der Waals surface area contributed by atoms with Crippen molar-refractivity contribution in [1.82, 2.24) is 5.32 Å². The lowest BCUT2D eigenvalue weighted by Crippen LogP contribution is -2.33. The monoisotopic (exact) mass is 743 g/mol. The summed E-state index contributed by atoms with van der Waals surface area (Å²) < 4.78 is 2.68. The van der Waals surface area contributed by atoms with Gasteiger partial charge < -0.3 is 5.32 Å². The Morgan fingerprint density at radius 3 is 2.00 bits per heavy atom. The Morgan fingerprint density at radius 2 is 1.11 bits per heavy atom. The molecule has 9 aromatic carbocycles. The molecule has 266 valence electrons. The number of thiophene rings is 1. The lowest BCUT2D eigenvalue weighted by Gasteiger charge is -2.24. The highest BCUT2D eigenvalue weighted by atomic mass is 32.1. The molecule has 1 unspecified atom stereocenters. The summed E-state index contributed by atoms with van der Waals surface area (Å²) in [6.45, 7) is 0. The number of amidine groups is 2. The number of nitrogens with one attached hydrogen (secondary N) is 1. The molecule has 0 fully saturated rings. The summed E-state index contributed by atoms with van der Waals surface area (Å²) >= 11 is 1.89. The van der Waals surface area contributed by atoms with E-state index in [1.165, 1.54) is 80.7 Å². The van der Waals surface area contributed by atoms with E-state index in [0.717, 1.165) is 28.1 Å². The number of fused-ring (bicyclic) bond motifs is 8. The topological polar surface area (TPSA) is 36.8 Å². The number of benzene rings is 9. The number of rotatable bonds is 5. The molecule has 0 saturated heterocycles. The van der Waals surface area contributed by atoms with Gasteiger partial charge in [0, 0.05) is 31.3 Å². The molecule has 0 bridgehead atoms. The average Bonchev–Trinajstić information content (AvgIpc) is 3.82. The minimum absolute atomic E-state index is 0.313. The van der Waals surface area contributed by atoms with Crippen molar-refractivity contribution in [3.63, 3.8) is 0 Å². The van der Waals surface area contributed by atoms with Crippen LogP contribution in [0, 0.1) is 0 Å². The molecule has 0 amide bonds. The lowest BCUT2D eigenvalue weighted by molar-refractivity contribution is 0.675. The zero-order valence-corrected chi connectivity index (χ0v) is 31.6. The highest BCUT2D eigenvalue weighted by Crippen LogP contribution is 2.52. The fraction of sp³-hybridized carbons (Fsp3) is 0.0189. The van der Waals surface area contributed by atoms with Crippen LogP contribution in [0.1, 0.15) is 22.9 Å². The molecule has 4 heteroatoms. The number of nitrogens with zero attached hydrogens (tertiary/aromatic N) is 2. The smallest absolute Gasteiger partial charge is 0.159 e. The van der Waals surface area contributed by atoms with Crippen LogP contribution in [0.5, 0.6) is 0 Å². The zero-order chi connectivity index (χ0) is 37.5. The third-order valence-electron chi connectivity index (χ3n) is 11.6. The molecule has 2 aliphatic rings. The molecule has 12 rings (SSSR count). The normalized spacial score (nSPS) is 14.5. The molecule has 1 aliphatic heterocycles. The molecule has 1 aromatic heterocycles. The Hall–Kier alpha value is -7.14. The first-order valence-electron chi connectivity index (χ1n) is 19.4. The highest BCUT2D eigenvalue weighted by Gasteiger charge is 2.25. The van der Waals surface area contributed by atoms with Gasteiger partial charge in [-0.1, -0.05) is 152 Å². The number of hydrogen-bond donors (Lipinski definition) is 1. The Bertz CT molecular complexity index is 3320. The fourth-order valence-electron chi connectivity index (χ4n) is 8.89. The maximum Gasteiger partial charge on any atom is 0.159 e. The molecule has 0 radical (unpaired) electrons. The second kappa shape index (κ2) is 12.7. The van der Waals surface area contributed by atoms with E-state index in [2.05, 4.69) is 187 Å². The van der Waals surface area contributed by atoms with Crippen LogP contribution in [0.25, 0.3) is 86.2 Å². The van der Waals surface area contributed by atoms with E-state index in [-0.39, 0.29) is 6.17 Å². The molecule has 0 saturated carbocycles. The second-order valence-corrected chi connectivity index (χ2v) is 16.1. The van der Waals surface area contributed by atoms with Crippen molar-refractivity contribution in [2.75, 3.05) is 0 Å². The summed E-state index contributed by atoms with van der Waals surface area (Å²) in [5.74, 6) is 1.52. The lowest BCUT2D eigenvalue weighted by atomic mass is 9.96. The summed E-state index contributed by atoms with van der Waals surface area (Å²) in [5.41, 5.74) is 13.0. The van der Waals surface area contributed by atoms with Gasteiger partial charge in [0.25, 0.3) is 0 Å². The zero-order valence-electron chi connectivity index (χ0n) is 30.8. The molecule has 1 atom stereocenters. The molecule has 10 aromatic rings. The Kier molecular flexibility index (Phi) is 7.16. The van der Waals surface area contributed by atoms with E-state index in [4.69, 9.17) is 9.98 Å². The van der Waals surface area contributed by atoms with Gasteiger partial charge >= 0.3 is 0 Å². The van der Waals surface area contributed by atoms with Crippen LogP contribution >= 0.6 is 11.3 Å². The van der Waals surface area contributed by atoms with Crippen LogP contribution in [0.15, 0.2) is 198 Å². The van der Waals surface area contributed by atoms with Gasteiger partial charge in [0.2, 0.25) is 0 Å². The Morgan fingerprint density at radius 1 is 0.404 bits per heavy atom. The molecular formula is C53H33N3S. The first kappa shape index (κ1) is 32.1. The van der Waals surface area contributed by atoms with Crippen molar-refractivity contribution in [3.05, 3.63) is 205 Å². The van der Waals surface area contributed by atoms with Gasteiger partial charge in [0.1, 0.15) is 12.0 Å². The molecule has 0 spiro atoms. The first-order chi connectivity index (χ1) is 28.2. The van der Waals surface area contributed by atoms with Gasteiger partial charge in [0.15, 0.2) is 5.84 Å². The molecular weight excluding hydrogens is 711 g/mol. The van der Waals surface area contributed by atoms with Crippen LogP contribution < -0.4 is 5.32 Å². The summed E-state index contributed by atoms with van der Waals surface area (Å²) in [6.07, 6.45) is -0.313. The fourth-order valence-corrected chi connectivity index (χ4v) is 10.1. The van der Waals surface area contributed by atoms with Gasteiger partial charge in [-0.25, -0.2) is 9.98 Å². The third kappa shape index (κ3) is 5.26. The van der Waals surface area contributed by atoms with E-state index >= 15 is 0 Å². The van der Waals surface area contributed by atoms with Crippen LogP contribution in [0.3, 0.4) is 0 Å². The van der Waals surface area contributed by atoms with Crippen LogP contribution in [-0.4, -0.2) is 11.7 Å². The molecule has 2 heterocycles. The third-order valence-corrected chi connectivity index (χ3v) is 12.7. The van der Waals surface area contributed by atoms with E-state index in [0.29, 0.717) is 5.84 Å². The Balaban J connectivity index is 0.943. The van der Waals surface area contributed by atoms with Crippen molar-refractivity contribution >= 4 is 64.7 Å². The van der Waals surface area contributed by atoms with Crippen molar-refractivity contribution < 1.29 is 0 Å². The van der Waals surface area contributed by atoms with Crippen LogP contribution in [0.2, 0.25) is 0 Å². The number of aliphatic imine (C=N–C) groups is 2. The Labute approximate surface area is 334 Å². The maximum absolute atomic E-state index is 5.29.